The average Bonchev–Trinajstić information content (AvgIpc) is 3.12. The standard InChI is InChI=1S/C14H28N2/c1-4-15-13-7-9-14(10-8-13)16(3)11(2)12-5-6-12/h11-15H,4-10H2,1-3H3. The second-order valence-electron chi connectivity index (χ2n) is 5.81. The Morgan fingerprint density at radius 3 is 2.25 bits per heavy atom. The summed E-state index contributed by atoms with van der Waals surface area (Å²) in [4.78, 5) is 2.67. The minimum Gasteiger partial charge on any atom is -0.314 e. The quantitative estimate of drug-likeness (QED) is 0.772. The van der Waals surface area contributed by atoms with Crippen LogP contribution in [0.2, 0.25) is 0 Å². The number of nitrogens with zero attached hydrogens (tertiary/aromatic N) is 1. The van der Waals surface area contributed by atoms with Crippen molar-refractivity contribution in [3.8, 4) is 0 Å². The first-order valence-corrected chi connectivity index (χ1v) is 7.17. The molecule has 94 valence electrons. The molecule has 2 fully saturated rings. The van der Waals surface area contributed by atoms with Gasteiger partial charge in [-0.2, -0.15) is 0 Å². The van der Waals surface area contributed by atoms with Crippen molar-refractivity contribution in [3.63, 3.8) is 0 Å². The molecule has 0 heterocycles. The Hall–Kier alpha value is -0.0800. The zero-order valence-corrected chi connectivity index (χ0v) is 11.2. The fourth-order valence-electron chi connectivity index (χ4n) is 3.22. The molecule has 0 aromatic rings. The van der Waals surface area contributed by atoms with Crippen LogP contribution in [-0.2, 0) is 0 Å². The van der Waals surface area contributed by atoms with Crippen molar-refractivity contribution in [2.45, 2.75) is 70.5 Å². The molecule has 1 N–H and O–H groups in total. The molecule has 0 saturated heterocycles. The van der Waals surface area contributed by atoms with Gasteiger partial charge in [-0.05, 0) is 65.0 Å². The maximum absolute atomic E-state index is 3.59. The van der Waals surface area contributed by atoms with E-state index in [2.05, 4.69) is 31.1 Å². The van der Waals surface area contributed by atoms with Crippen LogP contribution in [0.1, 0.15) is 52.4 Å². The van der Waals surface area contributed by atoms with Crippen LogP contribution >= 0.6 is 0 Å². The first-order chi connectivity index (χ1) is 7.72. The van der Waals surface area contributed by atoms with E-state index in [-0.39, 0.29) is 0 Å². The minimum absolute atomic E-state index is 0.797. The predicted molar refractivity (Wildman–Crippen MR) is 69.7 cm³/mol. The molecule has 0 aromatic carbocycles. The largest absolute Gasteiger partial charge is 0.314 e. The highest BCUT2D eigenvalue weighted by atomic mass is 15.2. The van der Waals surface area contributed by atoms with Crippen molar-refractivity contribution in [3.05, 3.63) is 0 Å². The summed E-state index contributed by atoms with van der Waals surface area (Å²) in [5.74, 6) is 1.01. The molecule has 1 unspecified atom stereocenters. The molecule has 2 saturated carbocycles. The van der Waals surface area contributed by atoms with Crippen LogP contribution in [0.25, 0.3) is 0 Å². The number of hydrogen-bond acceptors (Lipinski definition) is 2. The van der Waals surface area contributed by atoms with Gasteiger partial charge in [0.2, 0.25) is 0 Å². The number of nitrogens with one attached hydrogen (secondary N) is 1. The monoisotopic (exact) mass is 224 g/mol. The van der Waals surface area contributed by atoms with Gasteiger partial charge in [0.05, 0.1) is 0 Å². The summed E-state index contributed by atoms with van der Waals surface area (Å²) in [6.45, 7) is 5.77. The molecule has 2 rings (SSSR count). The summed E-state index contributed by atoms with van der Waals surface area (Å²) in [7, 11) is 2.35. The summed E-state index contributed by atoms with van der Waals surface area (Å²) in [6.07, 6.45) is 8.48. The lowest BCUT2D eigenvalue weighted by atomic mass is 9.89. The van der Waals surface area contributed by atoms with Gasteiger partial charge in [-0.1, -0.05) is 6.92 Å². The molecule has 0 radical (unpaired) electrons. The fourth-order valence-corrected chi connectivity index (χ4v) is 3.22. The van der Waals surface area contributed by atoms with Crippen molar-refractivity contribution in [2.24, 2.45) is 5.92 Å². The second kappa shape index (κ2) is 5.50. The van der Waals surface area contributed by atoms with E-state index in [0.29, 0.717) is 0 Å². The van der Waals surface area contributed by atoms with Crippen LogP contribution in [0.3, 0.4) is 0 Å². The third-order valence-corrected chi connectivity index (χ3v) is 4.71. The molecular formula is C14H28N2. The van der Waals surface area contributed by atoms with Gasteiger partial charge in [-0.3, -0.25) is 0 Å². The summed E-state index contributed by atoms with van der Waals surface area (Å²) < 4.78 is 0. The van der Waals surface area contributed by atoms with Crippen LogP contribution in [-0.4, -0.2) is 36.6 Å². The average molecular weight is 224 g/mol. The predicted octanol–water partition coefficient (Wildman–Crippen LogP) is 2.64. The smallest absolute Gasteiger partial charge is 0.00963 e. The second-order valence-corrected chi connectivity index (χ2v) is 5.81. The Balaban J connectivity index is 1.74. The Bertz CT molecular complexity index is 205. The molecule has 2 heteroatoms. The van der Waals surface area contributed by atoms with Crippen molar-refractivity contribution in [1.82, 2.24) is 10.2 Å². The highest BCUT2D eigenvalue weighted by molar-refractivity contribution is 4.89. The van der Waals surface area contributed by atoms with Crippen molar-refractivity contribution >= 4 is 0 Å². The number of hydrogen-bond donors (Lipinski definition) is 1. The van der Waals surface area contributed by atoms with E-state index in [1.54, 1.807) is 0 Å². The van der Waals surface area contributed by atoms with Gasteiger partial charge in [0, 0.05) is 18.1 Å². The van der Waals surface area contributed by atoms with Crippen molar-refractivity contribution in [1.29, 1.82) is 0 Å². The maximum Gasteiger partial charge on any atom is 0.00963 e. The van der Waals surface area contributed by atoms with Gasteiger partial charge in [0.1, 0.15) is 0 Å². The normalized spacial score (nSPS) is 33.0. The number of rotatable bonds is 5. The first-order valence-electron chi connectivity index (χ1n) is 7.17. The van der Waals surface area contributed by atoms with Crippen LogP contribution < -0.4 is 5.32 Å². The first kappa shape index (κ1) is 12.4. The molecule has 1 atom stereocenters. The topological polar surface area (TPSA) is 15.3 Å². The van der Waals surface area contributed by atoms with E-state index >= 15 is 0 Å². The van der Waals surface area contributed by atoms with Gasteiger partial charge in [0.25, 0.3) is 0 Å². The van der Waals surface area contributed by atoms with Crippen molar-refractivity contribution in [2.75, 3.05) is 13.6 Å². The van der Waals surface area contributed by atoms with E-state index < -0.39 is 0 Å². The molecule has 2 nitrogen and oxygen atoms in total. The molecule has 0 aromatic heterocycles. The Kier molecular flexibility index (Phi) is 4.26. The lowest BCUT2D eigenvalue weighted by molar-refractivity contribution is 0.123. The molecule has 0 aliphatic heterocycles. The maximum atomic E-state index is 3.59. The van der Waals surface area contributed by atoms with Crippen molar-refractivity contribution < 1.29 is 0 Å². The molecule has 0 bridgehead atoms. The van der Waals surface area contributed by atoms with Gasteiger partial charge >= 0.3 is 0 Å². The summed E-state index contributed by atoms with van der Waals surface area (Å²) in [5.41, 5.74) is 0. The lowest BCUT2D eigenvalue weighted by Crippen LogP contribution is -2.44. The molecule has 0 amide bonds. The Morgan fingerprint density at radius 2 is 1.75 bits per heavy atom. The van der Waals surface area contributed by atoms with E-state index in [4.69, 9.17) is 0 Å². The van der Waals surface area contributed by atoms with Crippen LogP contribution in [0.5, 0.6) is 0 Å². The van der Waals surface area contributed by atoms with Crippen LogP contribution in [0.4, 0.5) is 0 Å². The van der Waals surface area contributed by atoms with E-state index in [9.17, 15) is 0 Å². The molecule has 2 aliphatic carbocycles. The zero-order chi connectivity index (χ0) is 11.5. The fraction of sp³-hybridized carbons (Fsp3) is 1.00. The molecular weight excluding hydrogens is 196 g/mol. The molecule has 0 spiro atoms. The third-order valence-electron chi connectivity index (χ3n) is 4.71. The Morgan fingerprint density at radius 1 is 1.12 bits per heavy atom. The van der Waals surface area contributed by atoms with Crippen LogP contribution in [0.15, 0.2) is 0 Å². The molecule has 16 heavy (non-hydrogen) atoms. The highest BCUT2D eigenvalue weighted by Gasteiger charge is 2.34. The molecule has 2 aliphatic rings. The van der Waals surface area contributed by atoms with Gasteiger partial charge < -0.3 is 10.2 Å². The van der Waals surface area contributed by atoms with E-state index in [0.717, 1.165) is 30.6 Å². The van der Waals surface area contributed by atoms with Crippen LogP contribution in [0, 0.1) is 5.92 Å². The third kappa shape index (κ3) is 2.98. The van der Waals surface area contributed by atoms with Gasteiger partial charge in [0.15, 0.2) is 0 Å². The lowest BCUT2D eigenvalue weighted by Gasteiger charge is -2.38. The minimum atomic E-state index is 0.797. The van der Waals surface area contributed by atoms with Gasteiger partial charge in [-0.15, -0.1) is 0 Å². The SMILES string of the molecule is CCNC1CCC(N(C)C(C)C2CC2)CC1. The summed E-state index contributed by atoms with van der Waals surface area (Å²) in [5, 5.41) is 3.59. The Labute approximate surface area is 101 Å². The summed E-state index contributed by atoms with van der Waals surface area (Å²) in [6, 6.07) is 2.47. The highest BCUT2D eigenvalue weighted by Crippen LogP contribution is 2.36. The van der Waals surface area contributed by atoms with E-state index in [1.165, 1.54) is 38.5 Å². The zero-order valence-electron chi connectivity index (χ0n) is 11.2. The summed E-state index contributed by atoms with van der Waals surface area (Å²) >= 11 is 0. The van der Waals surface area contributed by atoms with Gasteiger partial charge in [-0.25, -0.2) is 0 Å². The van der Waals surface area contributed by atoms with E-state index in [1.807, 2.05) is 0 Å².